The van der Waals surface area contributed by atoms with Crippen LogP contribution in [0.4, 0.5) is 0 Å². The van der Waals surface area contributed by atoms with Crippen LogP contribution in [0.15, 0.2) is 60.9 Å². The van der Waals surface area contributed by atoms with Gasteiger partial charge in [0.1, 0.15) is 0 Å². The summed E-state index contributed by atoms with van der Waals surface area (Å²) in [5.74, 6) is -0.156. The lowest BCUT2D eigenvalue weighted by atomic mass is 10.1. The zero-order chi connectivity index (χ0) is 18.8. The highest BCUT2D eigenvalue weighted by molar-refractivity contribution is 7.15. The third-order valence-corrected chi connectivity index (χ3v) is 5.47. The molecule has 134 valence electrons. The Balaban J connectivity index is 1.74. The Morgan fingerprint density at radius 2 is 1.93 bits per heavy atom. The van der Waals surface area contributed by atoms with Crippen molar-refractivity contribution in [2.24, 2.45) is 0 Å². The van der Waals surface area contributed by atoms with Gasteiger partial charge < -0.3 is 5.32 Å². The maximum Gasteiger partial charge on any atom is 0.252 e. The van der Waals surface area contributed by atoms with Crippen LogP contribution in [0.25, 0.3) is 21.5 Å². The highest BCUT2D eigenvalue weighted by Crippen LogP contribution is 2.31. The monoisotopic (exact) mass is 393 g/mol. The number of carbonyl (C=O) groups is 1. The first-order valence-electron chi connectivity index (χ1n) is 8.44. The summed E-state index contributed by atoms with van der Waals surface area (Å²) >= 11 is 7.82. The van der Waals surface area contributed by atoms with Crippen molar-refractivity contribution in [3.05, 3.63) is 82.0 Å². The number of nitrogens with one attached hydrogen (secondary N) is 1. The second-order valence-electron chi connectivity index (χ2n) is 6.16. The van der Waals surface area contributed by atoms with Crippen molar-refractivity contribution in [2.45, 2.75) is 13.5 Å². The van der Waals surface area contributed by atoms with E-state index in [4.69, 9.17) is 16.6 Å². The van der Waals surface area contributed by atoms with Gasteiger partial charge >= 0.3 is 0 Å². The predicted octanol–water partition coefficient (Wildman–Crippen LogP) is 5.25. The third kappa shape index (κ3) is 3.84. The lowest BCUT2D eigenvalue weighted by molar-refractivity contribution is 0.0952. The topological polar surface area (TPSA) is 54.9 Å². The standard InChI is InChI=1S/C21H16ClN3OS/c1-13-2-5-20(27-13)19-11-17(16-10-15(22)3-4-18(16)25-19)21(26)24-12-14-6-8-23-9-7-14/h2-11H,12H2,1H3,(H,24,26). The van der Waals surface area contributed by atoms with Crippen LogP contribution in [-0.2, 0) is 6.54 Å². The second-order valence-corrected chi connectivity index (χ2v) is 7.89. The van der Waals surface area contributed by atoms with Gasteiger partial charge in [0.2, 0.25) is 0 Å². The van der Waals surface area contributed by atoms with Crippen LogP contribution in [0.3, 0.4) is 0 Å². The van der Waals surface area contributed by atoms with E-state index in [1.807, 2.05) is 30.3 Å². The fourth-order valence-corrected chi connectivity index (χ4v) is 3.86. The molecule has 3 aromatic heterocycles. The molecule has 1 N–H and O–H groups in total. The molecule has 27 heavy (non-hydrogen) atoms. The van der Waals surface area contributed by atoms with E-state index in [2.05, 4.69) is 23.3 Å². The first-order chi connectivity index (χ1) is 13.1. The molecule has 0 radical (unpaired) electrons. The minimum absolute atomic E-state index is 0.156. The van der Waals surface area contributed by atoms with E-state index in [1.54, 1.807) is 35.9 Å². The van der Waals surface area contributed by atoms with Crippen molar-refractivity contribution in [3.8, 4) is 10.6 Å². The molecule has 0 fully saturated rings. The number of rotatable bonds is 4. The zero-order valence-corrected chi connectivity index (χ0v) is 16.1. The van der Waals surface area contributed by atoms with Gasteiger partial charge in [0.25, 0.3) is 5.91 Å². The van der Waals surface area contributed by atoms with Crippen LogP contribution in [0.2, 0.25) is 5.02 Å². The first-order valence-corrected chi connectivity index (χ1v) is 9.64. The highest BCUT2D eigenvalue weighted by atomic mass is 35.5. The Morgan fingerprint density at radius 3 is 2.67 bits per heavy atom. The molecule has 0 aliphatic rings. The van der Waals surface area contributed by atoms with Gasteiger partial charge in [0.05, 0.1) is 21.7 Å². The maximum absolute atomic E-state index is 12.9. The lowest BCUT2D eigenvalue weighted by Crippen LogP contribution is -2.23. The number of aryl methyl sites for hydroxylation is 1. The quantitative estimate of drug-likeness (QED) is 0.515. The largest absolute Gasteiger partial charge is 0.348 e. The Morgan fingerprint density at radius 1 is 1.11 bits per heavy atom. The van der Waals surface area contributed by atoms with Crippen LogP contribution in [0.5, 0.6) is 0 Å². The van der Waals surface area contributed by atoms with Crippen molar-refractivity contribution in [1.82, 2.24) is 15.3 Å². The molecule has 4 aromatic rings. The minimum atomic E-state index is -0.156. The van der Waals surface area contributed by atoms with Crippen molar-refractivity contribution < 1.29 is 4.79 Å². The third-order valence-electron chi connectivity index (χ3n) is 4.21. The Kier molecular flexibility index (Phi) is 4.88. The summed E-state index contributed by atoms with van der Waals surface area (Å²) in [5.41, 5.74) is 3.09. The number of thiophene rings is 1. The average Bonchev–Trinajstić information content (AvgIpc) is 3.12. The molecule has 4 rings (SSSR count). The summed E-state index contributed by atoms with van der Waals surface area (Å²) in [7, 11) is 0. The number of halogens is 1. The Bertz CT molecular complexity index is 1120. The molecule has 0 spiro atoms. The normalized spacial score (nSPS) is 10.9. The smallest absolute Gasteiger partial charge is 0.252 e. The molecule has 0 saturated heterocycles. The summed E-state index contributed by atoms with van der Waals surface area (Å²) in [4.78, 5) is 23.9. The molecule has 0 aliphatic carbocycles. The van der Waals surface area contributed by atoms with Crippen LogP contribution >= 0.6 is 22.9 Å². The van der Waals surface area contributed by atoms with E-state index in [9.17, 15) is 4.79 Å². The second kappa shape index (κ2) is 7.47. The summed E-state index contributed by atoms with van der Waals surface area (Å²) in [5, 5.41) is 4.30. The lowest BCUT2D eigenvalue weighted by Gasteiger charge is -2.10. The SMILES string of the molecule is Cc1ccc(-c2cc(C(=O)NCc3ccncc3)c3cc(Cl)ccc3n2)s1. The molecular formula is C21H16ClN3OS. The number of fused-ring (bicyclic) bond motifs is 1. The molecule has 0 bridgehead atoms. The molecular weight excluding hydrogens is 378 g/mol. The number of pyridine rings is 2. The van der Waals surface area contributed by atoms with E-state index in [-0.39, 0.29) is 5.91 Å². The molecule has 6 heteroatoms. The van der Waals surface area contributed by atoms with Gasteiger partial charge in [0.15, 0.2) is 0 Å². The Labute approximate surface area is 165 Å². The van der Waals surface area contributed by atoms with Gasteiger partial charge in [-0.3, -0.25) is 9.78 Å². The first kappa shape index (κ1) is 17.6. The van der Waals surface area contributed by atoms with Crippen molar-refractivity contribution in [2.75, 3.05) is 0 Å². The van der Waals surface area contributed by atoms with Crippen LogP contribution in [0, 0.1) is 6.92 Å². The fraction of sp³-hybridized carbons (Fsp3) is 0.0952. The minimum Gasteiger partial charge on any atom is -0.348 e. The Hall–Kier alpha value is -2.76. The number of aromatic nitrogens is 2. The van der Waals surface area contributed by atoms with E-state index >= 15 is 0 Å². The van der Waals surface area contributed by atoms with Crippen molar-refractivity contribution >= 4 is 39.7 Å². The summed E-state index contributed by atoms with van der Waals surface area (Å²) in [6.07, 6.45) is 3.42. The molecule has 1 aromatic carbocycles. The van der Waals surface area contributed by atoms with Gasteiger partial charge in [-0.1, -0.05) is 11.6 Å². The molecule has 4 nitrogen and oxygen atoms in total. The van der Waals surface area contributed by atoms with Gasteiger partial charge in [0, 0.05) is 34.2 Å². The number of carbonyl (C=O) groups excluding carboxylic acids is 1. The number of benzene rings is 1. The molecule has 3 heterocycles. The average molecular weight is 394 g/mol. The summed E-state index contributed by atoms with van der Waals surface area (Å²) in [6, 6.07) is 15.1. The zero-order valence-electron chi connectivity index (χ0n) is 14.6. The molecule has 1 amide bonds. The number of amides is 1. The number of hydrogen-bond donors (Lipinski definition) is 1. The number of nitrogens with zero attached hydrogens (tertiary/aromatic N) is 2. The van der Waals surface area contributed by atoms with E-state index in [1.165, 1.54) is 4.88 Å². The molecule has 0 saturated carbocycles. The summed E-state index contributed by atoms with van der Waals surface area (Å²) in [6.45, 7) is 2.48. The van der Waals surface area contributed by atoms with Crippen LogP contribution in [-0.4, -0.2) is 15.9 Å². The van der Waals surface area contributed by atoms with Gasteiger partial charge in [-0.25, -0.2) is 4.98 Å². The molecule has 0 atom stereocenters. The number of hydrogen-bond acceptors (Lipinski definition) is 4. The van der Waals surface area contributed by atoms with E-state index in [0.29, 0.717) is 17.1 Å². The van der Waals surface area contributed by atoms with Crippen LogP contribution < -0.4 is 5.32 Å². The predicted molar refractivity (Wildman–Crippen MR) is 110 cm³/mol. The van der Waals surface area contributed by atoms with Gasteiger partial charge in [-0.05, 0) is 61.0 Å². The highest BCUT2D eigenvalue weighted by Gasteiger charge is 2.15. The van der Waals surface area contributed by atoms with Crippen molar-refractivity contribution in [1.29, 1.82) is 0 Å². The van der Waals surface area contributed by atoms with Gasteiger partial charge in [-0.15, -0.1) is 11.3 Å². The van der Waals surface area contributed by atoms with Gasteiger partial charge in [-0.2, -0.15) is 0 Å². The molecule has 0 aliphatic heterocycles. The van der Waals surface area contributed by atoms with Crippen LogP contribution in [0.1, 0.15) is 20.8 Å². The van der Waals surface area contributed by atoms with E-state index < -0.39 is 0 Å². The van der Waals surface area contributed by atoms with E-state index in [0.717, 1.165) is 27.0 Å². The summed E-state index contributed by atoms with van der Waals surface area (Å²) < 4.78 is 0. The van der Waals surface area contributed by atoms with Crippen molar-refractivity contribution in [3.63, 3.8) is 0 Å². The molecule has 0 unspecified atom stereocenters. The fourth-order valence-electron chi connectivity index (χ4n) is 2.86. The maximum atomic E-state index is 12.9.